The predicted octanol–water partition coefficient (Wildman–Crippen LogP) is 3.42. The monoisotopic (exact) mass is 206 g/mol. The maximum absolute atomic E-state index is 5.87. The van der Waals surface area contributed by atoms with Crippen LogP contribution in [0.3, 0.4) is 0 Å². The molecule has 0 saturated carbocycles. The summed E-state index contributed by atoms with van der Waals surface area (Å²) in [7, 11) is 1.99. The van der Waals surface area contributed by atoms with Gasteiger partial charge in [0.15, 0.2) is 0 Å². The largest absolute Gasteiger partial charge is 0.355 e. The number of hydrogen-bond donors (Lipinski definition) is 1. The molecule has 0 atom stereocenters. The summed E-state index contributed by atoms with van der Waals surface area (Å²) in [6.45, 7) is 0. The molecule has 0 saturated heterocycles. The highest BCUT2D eigenvalue weighted by Gasteiger charge is 1.96. The molecule has 1 aromatic heterocycles. The Bertz CT molecular complexity index is 434. The second kappa shape index (κ2) is 3.76. The fourth-order valence-corrected chi connectivity index (χ4v) is 1.50. The molecule has 0 fully saturated rings. The van der Waals surface area contributed by atoms with Crippen LogP contribution in [0.25, 0.3) is 0 Å². The minimum absolute atomic E-state index is 0.742. The molecular formula is C11H11ClN2. The summed E-state index contributed by atoms with van der Waals surface area (Å²) in [4.78, 5) is 0. The summed E-state index contributed by atoms with van der Waals surface area (Å²) in [6.07, 6.45) is 4.01. The minimum Gasteiger partial charge on any atom is -0.355 e. The molecule has 0 spiro atoms. The fraction of sp³-hybridized carbons (Fsp3) is 0.0909. The van der Waals surface area contributed by atoms with E-state index in [1.165, 1.54) is 0 Å². The molecule has 2 nitrogen and oxygen atoms in total. The third kappa shape index (κ3) is 2.09. The van der Waals surface area contributed by atoms with E-state index in [-0.39, 0.29) is 0 Å². The Kier molecular flexibility index (Phi) is 2.46. The van der Waals surface area contributed by atoms with E-state index >= 15 is 0 Å². The van der Waals surface area contributed by atoms with Gasteiger partial charge in [0, 0.05) is 30.2 Å². The molecule has 0 bridgehead atoms. The number of aryl methyl sites for hydroxylation is 1. The van der Waals surface area contributed by atoms with E-state index in [2.05, 4.69) is 5.32 Å². The molecule has 72 valence electrons. The molecule has 1 heterocycles. The van der Waals surface area contributed by atoms with E-state index in [4.69, 9.17) is 11.6 Å². The second-order valence-electron chi connectivity index (χ2n) is 3.20. The van der Waals surface area contributed by atoms with Crippen molar-refractivity contribution >= 4 is 23.0 Å². The zero-order valence-corrected chi connectivity index (χ0v) is 8.62. The lowest BCUT2D eigenvalue weighted by Gasteiger charge is -2.03. The van der Waals surface area contributed by atoms with Crippen LogP contribution >= 0.6 is 11.6 Å². The van der Waals surface area contributed by atoms with Crippen molar-refractivity contribution in [2.75, 3.05) is 5.32 Å². The van der Waals surface area contributed by atoms with E-state index in [0.29, 0.717) is 0 Å². The maximum Gasteiger partial charge on any atom is 0.0563 e. The second-order valence-corrected chi connectivity index (χ2v) is 3.64. The van der Waals surface area contributed by atoms with Gasteiger partial charge in [-0.15, -0.1) is 0 Å². The zero-order chi connectivity index (χ0) is 9.97. The third-order valence-electron chi connectivity index (χ3n) is 1.95. The van der Waals surface area contributed by atoms with Crippen LogP contribution < -0.4 is 5.32 Å². The van der Waals surface area contributed by atoms with Crippen molar-refractivity contribution < 1.29 is 0 Å². The summed E-state index contributed by atoms with van der Waals surface area (Å²) in [5, 5.41) is 4.00. The van der Waals surface area contributed by atoms with E-state index in [1.807, 2.05) is 54.3 Å². The van der Waals surface area contributed by atoms with Gasteiger partial charge in [-0.2, -0.15) is 0 Å². The lowest BCUT2D eigenvalue weighted by Crippen LogP contribution is -1.88. The van der Waals surface area contributed by atoms with Gasteiger partial charge in [0.2, 0.25) is 0 Å². The normalized spacial score (nSPS) is 10.1. The van der Waals surface area contributed by atoms with Gasteiger partial charge >= 0.3 is 0 Å². The summed E-state index contributed by atoms with van der Waals surface area (Å²) < 4.78 is 1.99. The molecule has 1 aromatic carbocycles. The molecule has 0 aliphatic heterocycles. The molecule has 1 N–H and O–H groups in total. The van der Waals surface area contributed by atoms with Gasteiger partial charge in [-0.1, -0.05) is 17.7 Å². The highest BCUT2D eigenvalue weighted by molar-refractivity contribution is 6.30. The van der Waals surface area contributed by atoms with Gasteiger partial charge in [0.05, 0.1) is 5.69 Å². The molecule has 0 aliphatic carbocycles. The molecule has 0 amide bonds. The topological polar surface area (TPSA) is 17.0 Å². The highest BCUT2D eigenvalue weighted by atomic mass is 35.5. The van der Waals surface area contributed by atoms with Crippen molar-refractivity contribution in [3.8, 4) is 0 Å². The van der Waals surface area contributed by atoms with Crippen LogP contribution in [0, 0.1) is 0 Å². The van der Waals surface area contributed by atoms with Crippen molar-refractivity contribution in [3.63, 3.8) is 0 Å². The summed E-state index contributed by atoms with van der Waals surface area (Å²) in [5.74, 6) is 0. The van der Waals surface area contributed by atoms with Crippen molar-refractivity contribution in [3.05, 3.63) is 47.7 Å². The molecule has 3 heteroatoms. The number of halogens is 1. The number of aromatic nitrogens is 1. The van der Waals surface area contributed by atoms with Gasteiger partial charge in [-0.05, 0) is 24.3 Å². The van der Waals surface area contributed by atoms with Crippen LogP contribution in [0.1, 0.15) is 0 Å². The fourth-order valence-electron chi connectivity index (χ4n) is 1.31. The Balaban J connectivity index is 2.18. The minimum atomic E-state index is 0.742. The van der Waals surface area contributed by atoms with Gasteiger partial charge in [0.1, 0.15) is 0 Å². The number of benzene rings is 1. The van der Waals surface area contributed by atoms with E-state index in [1.54, 1.807) is 0 Å². The SMILES string of the molecule is Cn1ccc(Nc2cccc(Cl)c2)c1. The first-order valence-electron chi connectivity index (χ1n) is 4.38. The average Bonchev–Trinajstić information content (AvgIpc) is 2.51. The molecule has 0 radical (unpaired) electrons. The smallest absolute Gasteiger partial charge is 0.0563 e. The quantitative estimate of drug-likeness (QED) is 0.797. The van der Waals surface area contributed by atoms with Gasteiger partial charge in [-0.25, -0.2) is 0 Å². The van der Waals surface area contributed by atoms with Crippen LogP contribution in [0.2, 0.25) is 5.02 Å². The van der Waals surface area contributed by atoms with Crippen molar-refractivity contribution in [1.82, 2.24) is 4.57 Å². The van der Waals surface area contributed by atoms with Crippen LogP contribution in [-0.2, 0) is 7.05 Å². The van der Waals surface area contributed by atoms with Gasteiger partial charge in [-0.3, -0.25) is 0 Å². The van der Waals surface area contributed by atoms with Gasteiger partial charge < -0.3 is 9.88 Å². The Morgan fingerprint density at radius 2 is 2.07 bits per heavy atom. The number of hydrogen-bond acceptors (Lipinski definition) is 1. The standard InChI is InChI=1S/C11H11ClN2/c1-14-6-5-11(8-14)13-10-4-2-3-9(12)7-10/h2-8,13H,1H3. The number of rotatable bonds is 2. The molecule has 0 unspecified atom stereocenters. The Labute approximate surface area is 88.1 Å². The average molecular weight is 207 g/mol. The van der Waals surface area contributed by atoms with E-state index < -0.39 is 0 Å². The van der Waals surface area contributed by atoms with Crippen molar-refractivity contribution in [1.29, 1.82) is 0 Å². The van der Waals surface area contributed by atoms with E-state index in [0.717, 1.165) is 16.4 Å². The maximum atomic E-state index is 5.87. The number of anilines is 2. The third-order valence-corrected chi connectivity index (χ3v) is 2.18. The first kappa shape index (κ1) is 9.16. The highest BCUT2D eigenvalue weighted by Crippen LogP contribution is 2.19. The molecule has 2 rings (SSSR count). The summed E-state index contributed by atoms with van der Waals surface area (Å²) in [5.41, 5.74) is 2.07. The van der Waals surface area contributed by atoms with Crippen molar-refractivity contribution in [2.45, 2.75) is 0 Å². The number of nitrogens with one attached hydrogen (secondary N) is 1. The summed E-state index contributed by atoms with van der Waals surface area (Å²) >= 11 is 5.87. The first-order valence-corrected chi connectivity index (χ1v) is 4.76. The van der Waals surface area contributed by atoms with Crippen LogP contribution in [0.15, 0.2) is 42.7 Å². The molecule has 14 heavy (non-hydrogen) atoms. The first-order chi connectivity index (χ1) is 6.74. The van der Waals surface area contributed by atoms with Crippen molar-refractivity contribution in [2.24, 2.45) is 7.05 Å². The van der Waals surface area contributed by atoms with Crippen LogP contribution in [0.5, 0.6) is 0 Å². The lowest BCUT2D eigenvalue weighted by molar-refractivity contribution is 0.928. The molecule has 0 aliphatic rings. The molecular weight excluding hydrogens is 196 g/mol. The Hall–Kier alpha value is -1.41. The number of nitrogens with zero attached hydrogens (tertiary/aromatic N) is 1. The predicted molar refractivity (Wildman–Crippen MR) is 60.1 cm³/mol. The van der Waals surface area contributed by atoms with Gasteiger partial charge in [0.25, 0.3) is 0 Å². The Morgan fingerprint density at radius 3 is 2.71 bits per heavy atom. The molecule has 2 aromatic rings. The Morgan fingerprint density at radius 1 is 1.21 bits per heavy atom. The van der Waals surface area contributed by atoms with Crippen LogP contribution in [0.4, 0.5) is 11.4 Å². The zero-order valence-electron chi connectivity index (χ0n) is 7.87. The summed E-state index contributed by atoms with van der Waals surface area (Å²) in [6, 6.07) is 9.68. The van der Waals surface area contributed by atoms with Crippen LogP contribution in [-0.4, -0.2) is 4.57 Å². The van der Waals surface area contributed by atoms with E-state index in [9.17, 15) is 0 Å². The lowest BCUT2D eigenvalue weighted by atomic mass is 10.3.